The van der Waals surface area contributed by atoms with Crippen molar-refractivity contribution in [2.75, 3.05) is 0 Å². The van der Waals surface area contributed by atoms with E-state index in [1.807, 2.05) is 0 Å². The van der Waals surface area contributed by atoms with Gasteiger partial charge >= 0.3 is 41.6 Å². The Morgan fingerprint density at radius 1 is 2.00 bits per heavy atom. The second kappa shape index (κ2) is 4.17. The van der Waals surface area contributed by atoms with Crippen LogP contribution in [0.3, 0.4) is 0 Å². The minimum absolute atomic E-state index is 0.461. The van der Waals surface area contributed by atoms with Crippen molar-refractivity contribution in [1.82, 2.24) is 0 Å². The van der Waals surface area contributed by atoms with Crippen LogP contribution in [0.4, 0.5) is 0 Å². The van der Waals surface area contributed by atoms with E-state index in [9.17, 15) is 0 Å². The average Bonchev–Trinajstić information content (AvgIpc) is 1.37. The van der Waals surface area contributed by atoms with Crippen molar-refractivity contribution >= 4 is 30.6 Å². The first-order valence-corrected chi connectivity index (χ1v) is 8.78. The van der Waals surface area contributed by atoms with Crippen molar-refractivity contribution in [3.8, 4) is 0 Å². The third kappa shape index (κ3) is 3.17. The molecule has 0 heterocycles. The van der Waals surface area contributed by atoms with Gasteiger partial charge in [-0.15, -0.1) is 0 Å². The second-order valence-electron chi connectivity index (χ2n) is 0.487. The van der Waals surface area contributed by atoms with E-state index < -0.39 is 22.0 Å². The van der Waals surface area contributed by atoms with Crippen LogP contribution in [0.1, 0.15) is 6.92 Å². The third-order valence-corrected chi connectivity index (χ3v) is 3.52. The zero-order valence-corrected chi connectivity index (χ0v) is 7.23. The van der Waals surface area contributed by atoms with Crippen LogP contribution in [0, 0.1) is 0 Å². The predicted molar refractivity (Wildman–Crippen MR) is 23.5 cm³/mol. The Labute approximate surface area is 41.7 Å². The van der Waals surface area contributed by atoms with Crippen molar-refractivity contribution in [2.45, 2.75) is 11.1 Å². The minimum atomic E-state index is -0.461. The molecule has 0 unspecified atom stereocenters. The van der Waals surface area contributed by atoms with Gasteiger partial charge in [0.25, 0.3) is 0 Å². The summed E-state index contributed by atoms with van der Waals surface area (Å²) in [6.45, 7) is 2.14. The molecule has 0 radical (unpaired) electrons. The quantitative estimate of drug-likeness (QED) is 0.626. The molecule has 2 heteroatoms. The summed E-state index contributed by atoms with van der Waals surface area (Å²) in [5, 5.41) is 0. The van der Waals surface area contributed by atoms with Gasteiger partial charge in [0, 0.05) is 0 Å². The zero-order valence-electron chi connectivity index (χ0n) is 2.59. The molecule has 0 atom stereocenters. The molecule has 0 nitrogen and oxygen atoms in total. The summed E-state index contributed by atoms with van der Waals surface area (Å²) in [6.07, 6.45) is 0. The van der Waals surface area contributed by atoms with Gasteiger partial charge in [-0.25, -0.2) is 0 Å². The summed E-state index contributed by atoms with van der Waals surface area (Å²) in [5.41, 5.74) is 0. The summed E-state index contributed by atoms with van der Waals surface area (Å²) in [5.74, 6) is 0. The van der Waals surface area contributed by atoms with Crippen LogP contribution < -0.4 is 0 Å². The van der Waals surface area contributed by atoms with Crippen LogP contribution >= 0.6 is 8.51 Å². The first kappa shape index (κ1) is 5.17. The molecule has 0 saturated carbocycles. The van der Waals surface area contributed by atoms with E-state index in [0.29, 0.717) is 0 Å². The Bertz CT molecular complexity index is 8.00. The Hall–Kier alpha value is 1.17. The summed E-state index contributed by atoms with van der Waals surface area (Å²) in [4.78, 5) is 0. The molecule has 0 bridgehead atoms. The van der Waals surface area contributed by atoms with Gasteiger partial charge in [0.05, 0.1) is 0 Å². The normalized spacial score (nSPS) is 7.50. The monoisotopic (exact) mass is 274 g/mol. The van der Waals surface area contributed by atoms with E-state index in [0.717, 1.165) is 0 Å². The molecule has 0 aliphatic rings. The van der Waals surface area contributed by atoms with Crippen molar-refractivity contribution in [1.29, 1.82) is 0 Å². The van der Waals surface area contributed by atoms with Crippen molar-refractivity contribution < 1.29 is 0 Å². The Balaban J connectivity index is 1.97. The van der Waals surface area contributed by atoms with Crippen molar-refractivity contribution in [3.63, 3.8) is 0 Å². The fourth-order valence-corrected chi connectivity index (χ4v) is 0. The first-order chi connectivity index (χ1) is 1.91. The van der Waals surface area contributed by atoms with E-state index in [-0.39, 0.29) is 0 Å². The number of hydrogen-bond donors (Lipinski definition) is 0. The maximum absolute atomic E-state index is 5.38. The molecule has 0 rings (SSSR count). The van der Waals surface area contributed by atoms with E-state index in [1.54, 1.807) is 0 Å². The van der Waals surface area contributed by atoms with Crippen molar-refractivity contribution in [3.05, 3.63) is 0 Å². The maximum atomic E-state index is 5.38. The molecule has 26 valence electrons. The molecule has 0 aliphatic carbocycles. The van der Waals surface area contributed by atoms with Crippen LogP contribution in [0.5, 0.6) is 0 Å². The van der Waals surface area contributed by atoms with E-state index >= 15 is 0 Å². The fraction of sp³-hybridized carbons (Fsp3) is 1.00. The molecule has 0 aromatic heterocycles. The average molecular weight is 275 g/mol. The van der Waals surface area contributed by atoms with Gasteiger partial charge in [-0.3, -0.25) is 0 Å². The van der Waals surface area contributed by atoms with Gasteiger partial charge in [-0.05, 0) is 0 Å². The Morgan fingerprint density at radius 2 is 2.25 bits per heavy atom. The molecule has 0 fully saturated rings. The molecule has 0 saturated heterocycles. The number of hydrogen-bond acceptors (Lipinski definition) is 0. The second-order valence-corrected chi connectivity index (χ2v) is 6.62. The molecule has 4 heavy (non-hydrogen) atoms. The SMILES string of the molecule is C[CH2][BiH][Cl]. The zero-order chi connectivity index (χ0) is 3.41. The Kier molecular flexibility index (Phi) is 5.40. The van der Waals surface area contributed by atoms with E-state index in [2.05, 4.69) is 6.92 Å². The van der Waals surface area contributed by atoms with Gasteiger partial charge < -0.3 is 0 Å². The first-order valence-electron chi connectivity index (χ1n) is 1.25. The molecule has 0 N–H and O–H groups in total. The summed E-state index contributed by atoms with van der Waals surface area (Å²) >= 11 is -0.461. The van der Waals surface area contributed by atoms with Crippen LogP contribution in [0.25, 0.3) is 0 Å². The molecule has 0 aromatic carbocycles. The molecular weight excluding hydrogens is 268 g/mol. The third-order valence-electron chi connectivity index (χ3n) is 0.134. The standard InChI is InChI=1S/C2H5.Bi.ClH.H/c1-2;;;/h1H2,2H3;;1H;/q;+1;;/p-1. The van der Waals surface area contributed by atoms with Gasteiger partial charge in [0.1, 0.15) is 0 Å². The number of halogens is 1. The summed E-state index contributed by atoms with van der Waals surface area (Å²) in [6, 6.07) is 0. The van der Waals surface area contributed by atoms with Crippen LogP contribution in [-0.4, -0.2) is 22.0 Å². The van der Waals surface area contributed by atoms with Crippen LogP contribution in [0.2, 0.25) is 4.13 Å². The molecule has 0 aromatic rings. The van der Waals surface area contributed by atoms with E-state index in [1.165, 1.54) is 4.13 Å². The topological polar surface area (TPSA) is 0 Å². The van der Waals surface area contributed by atoms with Gasteiger partial charge in [-0.1, -0.05) is 0 Å². The summed E-state index contributed by atoms with van der Waals surface area (Å²) in [7, 11) is 5.38. The number of rotatable bonds is 1. The van der Waals surface area contributed by atoms with Crippen LogP contribution in [-0.2, 0) is 0 Å². The predicted octanol–water partition coefficient (Wildman–Crippen LogP) is 1.01. The summed E-state index contributed by atoms with van der Waals surface area (Å²) < 4.78 is 1.28. The van der Waals surface area contributed by atoms with Gasteiger partial charge in [-0.2, -0.15) is 0 Å². The molecular formula is C2H6BiCl. The fourth-order valence-electron chi connectivity index (χ4n) is 0. The Morgan fingerprint density at radius 3 is 2.25 bits per heavy atom. The van der Waals surface area contributed by atoms with Crippen molar-refractivity contribution in [2.24, 2.45) is 0 Å². The van der Waals surface area contributed by atoms with E-state index in [4.69, 9.17) is 8.51 Å². The molecule has 0 spiro atoms. The molecule has 0 amide bonds. The van der Waals surface area contributed by atoms with Gasteiger partial charge in [0.2, 0.25) is 0 Å². The van der Waals surface area contributed by atoms with Gasteiger partial charge in [0.15, 0.2) is 0 Å². The van der Waals surface area contributed by atoms with Crippen LogP contribution in [0.15, 0.2) is 0 Å². The molecule has 0 aliphatic heterocycles.